The summed E-state index contributed by atoms with van der Waals surface area (Å²) in [5.41, 5.74) is 2.43. The minimum absolute atomic E-state index is 0.0379. The van der Waals surface area contributed by atoms with Crippen molar-refractivity contribution in [2.45, 2.75) is 38.0 Å². The summed E-state index contributed by atoms with van der Waals surface area (Å²) in [5, 5.41) is 15.3. The van der Waals surface area contributed by atoms with Crippen LogP contribution in [-0.4, -0.2) is 67.4 Å². The zero-order valence-corrected chi connectivity index (χ0v) is 20.2. The molecule has 192 valence electrons. The number of fused-ring (bicyclic) bond motifs is 3. The van der Waals surface area contributed by atoms with Gasteiger partial charge < -0.3 is 25.0 Å². The van der Waals surface area contributed by atoms with Crippen LogP contribution in [0.2, 0.25) is 0 Å². The van der Waals surface area contributed by atoms with Crippen molar-refractivity contribution in [1.82, 2.24) is 15.5 Å². The molecule has 0 radical (unpaired) electrons. The standard InChI is InChI=1S/C27H27FN4O5/c28-22-12-21-20-4-3-16(25(33)27(35)32-6-2-7-32)9-18(20)15-37-23(21)11-17(22)10-19(13-29)31-26(34)24-14-30-5-1-8-36-24/h3-4,9,11-12,19,24,30H,1-2,5-8,10,14-15H2,(H,31,34)/t19-,24-/m0/s1. The Morgan fingerprint density at radius 2 is 2.03 bits per heavy atom. The zero-order valence-electron chi connectivity index (χ0n) is 20.2. The quantitative estimate of drug-likeness (QED) is 0.452. The fourth-order valence-corrected chi connectivity index (χ4v) is 4.64. The lowest BCUT2D eigenvalue weighted by atomic mass is 9.92. The SMILES string of the molecule is N#C[C@H](Cc1cc2c(cc1F)-c1ccc(C(=O)C(=O)N3CCC3)cc1CO2)NC(=O)[C@@H]1CNCCCO1. The van der Waals surface area contributed by atoms with Gasteiger partial charge in [-0.3, -0.25) is 14.4 Å². The molecule has 2 amide bonds. The maximum atomic E-state index is 15.1. The van der Waals surface area contributed by atoms with Crippen molar-refractivity contribution in [3.8, 4) is 22.9 Å². The summed E-state index contributed by atoms with van der Waals surface area (Å²) in [5.74, 6) is -1.59. The molecular formula is C27H27FN4O5. The van der Waals surface area contributed by atoms with Crippen molar-refractivity contribution in [2.75, 3.05) is 32.8 Å². The van der Waals surface area contributed by atoms with Crippen molar-refractivity contribution >= 4 is 17.6 Å². The van der Waals surface area contributed by atoms with Crippen molar-refractivity contribution < 1.29 is 28.2 Å². The number of amides is 2. The highest BCUT2D eigenvalue weighted by Crippen LogP contribution is 2.39. The fourth-order valence-electron chi connectivity index (χ4n) is 4.64. The second-order valence-electron chi connectivity index (χ2n) is 9.39. The van der Waals surface area contributed by atoms with Crippen LogP contribution in [0.25, 0.3) is 11.1 Å². The van der Waals surface area contributed by atoms with Gasteiger partial charge in [0, 0.05) is 43.8 Å². The number of ketones is 1. The summed E-state index contributed by atoms with van der Waals surface area (Å²) in [6.07, 6.45) is 0.951. The number of nitrogens with zero attached hydrogens (tertiary/aromatic N) is 2. The first-order valence-corrected chi connectivity index (χ1v) is 12.4. The van der Waals surface area contributed by atoms with E-state index in [9.17, 15) is 19.6 Å². The lowest BCUT2D eigenvalue weighted by Crippen LogP contribution is -2.46. The number of rotatable bonds is 6. The van der Waals surface area contributed by atoms with E-state index in [1.807, 2.05) is 6.07 Å². The Labute approximate surface area is 213 Å². The first-order valence-electron chi connectivity index (χ1n) is 12.4. The lowest BCUT2D eigenvalue weighted by molar-refractivity contribution is -0.132. The van der Waals surface area contributed by atoms with Gasteiger partial charge in [0.05, 0.1) is 6.07 Å². The van der Waals surface area contributed by atoms with E-state index < -0.39 is 35.6 Å². The van der Waals surface area contributed by atoms with E-state index in [0.717, 1.165) is 19.4 Å². The molecule has 0 spiro atoms. The molecule has 2 N–H and O–H groups in total. The van der Waals surface area contributed by atoms with E-state index in [1.165, 1.54) is 11.0 Å². The summed E-state index contributed by atoms with van der Waals surface area (Å²) in [6, 6.07) is 8.85. The van der Waals surface area contributed by atoms with Crippen LogP contribution in [-0.2, 0) is 27.4 Å². The molecular weight excluding hydrogens is 479 g/mol. The Kier molecular flexibility index (Phi) is 7.17. The molecule has 3 heterocycles. The van der Waals surface area contributed by atoms with Crippen LogP contribution < -0.4 is 15.4 Å². The molecule has 5 rings (SSSR count). The first kappa shape index (κ1) is 24.9. The van der Waals surface area contributed by atoms with Gasteiger partial charge in [-0.15, -0.1) is 0 Å². The molecule has 37 heavy (non-hydrogen) atoms. The second kappa shape index (κ2) is 10.7. The van der Waals surface area contributed by atoms with E-state index in [1.54, 1.807) is 24.3 Å². The molecule has 0 aromatic heterocycles. The van der Waals surface area contributed by atoms with Gasteiger partial charge >= 0.3 is 0 Å². The molecule has 2 saturated heterocycles. The normalized spacial score (nSPS) is 19.1. The minimum atomic E-state index is -0.944. The Morgan fingerprint density at radius 3 is 2.78 bits per heavy atom. The molecule has 9 nitrogen and oxygen atoms in total. The van der Waals surface area contributed by atoms with Crippen LogP contribution >= 0.6 is 0 Å². The number of ether oxygens (including phenoxy) is 2. The number of likely N-dealkylation sites (tertiary alicyclic amines) is 1. The van der Waals surface area contributed by atoms with Crippen LogP contribution in [0, 0.1) is 17.1 Å². The van der Waals surface area contributed by atoms with Gasteiger partial charge in [-0.05, 0) is 54.3 Å². The number of nitrogens with one attached hydrogen (secondary N) is 2. The number of benzene rings is 2. The zero-order chi connectivity index (χ0) is 25.9. The first-order chi connectivity index (χ1) is 17.9. The third-order valence-electron chi connectivity index (χ3n) is 6.86. The monoisotopic (exact) mass is 506 g/mol. The maximum absolute atomic E-state index is 15.1. The molecule has 0 unspecified atom stereocenters. The Morgan fingerprint density at radius 1 is 1.19 bits per heavy atom. The number of Topliss-reactive ketones (excluding diaryl/α,β-unsaturated/α-hetero) is 1. The van der Waals surface area contributed by atoms with Crippen LogP contribution in [0.5, 0.6) is 5.75 Å². The molecule has 0 aliphatic carbocycles. The Hall–Kier alpha value is -3.81. The predicted molar refractivity (Wildman–Crippen MR) is 130 cm³/mol. The highest BCUT2D eigenvalue weighted by atomic mass is 19.1. The van der Waals surface area contributed by atoms with Gasteiger partial charge in [0.2, 0.25) is 5.78 Å². The molecule has 0 bridgehead atoms. The molecule has 2 aromatic rings. The van der Waals surface area contributed by atoms with E-state index in [4.69, 9.17) is 9.47 Å². The number of hydrogen-bond acceptors (Lipinski definition) is 7. The van der Waals surface area contributed by atoms with Gasteiger partial charge in [-0.25, -0.2) is 4.39 Å². The lowest BCUT2D eigenvalue weighted by Gasteiger charge is -2.30. The molecule has 2 atom stereocenters. The summed E-state index contributed by atoms with van der Waals surface area (Å²) < 4.78 is 26.5. The maximum Gasteiger partial charge on any atom is 0.294 e. The third kappa shape index (κ3) is 5.19. The van der Waals surface area contributed by atoms with Gasteiger partial charge in [-0.2, -0.15) is 5.26 Å². The molecule has 2 fully saturated rings. The van der Waals surface area contributed by atoms with Crippen LogP contribution in [0.4, 0.5) is 4.39 Å². The summed E-state index contributed by atoms with van der Waals surface area (Å²) in [4.78, 5) is 38.9. The number of hydrogen-bond donors (Lipinski definition) is 2. The molecule has 3 aliphatic heterocycles. The van der Waals surface area contributed by atoms with E-state index in [0.29, 0.717) is 48.7 Å². The van der Waals surface area contributed by atoms with Gasteiger partial charge in [0.1, 0.15) is 30.3 Å². The van der Waals surface area contributed by atoms with E-state index in [2.05, 4.69) is 10.6 Å². The number of carbonyl (C=O) groups is 3. The van der Waals surface area contributed by atoms with E-state index in [-0.39, 0.29) is 24.2 Å². The van der Waals surface area contributed by atoms with Crippen LogP contribution in [0.3, 0.4) is 0 Å². The summed E-state index contributed by atoms with van der Waals surface area (Å²) in [7, 11) is 0. The predicted octanol–water partition coefficient (Wildman–Crippen LogP) is 1.73. The van der Waals surface area contributed by atoms with Gasteiger partial charge in [0.15, 0.2) is 0 Å². The second-order valence-corrected chi connectivity index (χ2v) is 9.39. The highest BCUT2D eigenvalue weighted by Gasteiger charge is 2.29. The third-order valence-corrected chi connectivity index (χ3v) is 6.86. The topological polar surface area (TPSA) is 121 Å². The smallest absolute Gasteiger partial charge is 0.294 e. The highest BCUT2D eigenvalue weighted by molar-refractivity contribution is 6.42. The molecule has 2 aromatic carbocycles. The minimum Gasteiger partial charge on any atom is -0.488 e. The van der Waals surface area contributed by atoms with Crippen molar-refractivity contribution in [3.05, 3.63) is 52.8 Å². The number of nitriles is 1. The van der Waals surface area contributed by atoms with Crippen molar-refractivity contribution in [1.29, 1.82) is 5.26 Å². The van der Waals surface area contributed by atoms with Crippen LogP contribution in [0.15, 0.2) is 30.3 Å². The Bertz CT molecular complexity index is 1280. The van der Waals surface area contributed by atoms with Crippen molar-refractivity contribution in [2.24, 2.45) is 0 Å². The molecule has 0 saturated carbocycles. The Balaban J connectivity index is 1.31. The average molecular weight is 507 g/mol. The summed E-state index contributed by atoms with van der Waals surface area (Å²) >= 11 is 0. The van der Waals surface area contributed by atoms with Crippen molar-refractivity contribution in [3.63, 3.8) is 0 Å². The molecule has 3 aliphatic rings. The fraction of sp³-hybridized carbons (Fsp3) is 0.407. The van der Waals surface area contributed by atoms with E-state index >= 15 is 4.39 Å². The van der Waals surface area contributed by atoms with Crippen LogP contribution in [0.1, 0.15) is 34.3 Å². The average Bonchev–Trinajstić information content (AvgIpc) is 3.16. The van der Waals surface area contributed by atoms with Gasteiger partial charge in [-0.1, -0.05) is 12.1 Å². The number of carbonyl (C=O) groups excluding carboxylic acids is 3. The molecule has 10 heteroatoms. The van der Waals surface area contributed by atoms with Gasteiger partial charge in [0.25, 0.3) is 11.8 Å². The largest absolute Gasteiger partial charge is 0.488 e. The number of halogens is 1. The summed E-state index contributed by atoms with van der Waals surface area (Å²) in [6.45, 7) is 2.89.